The summed E-state index contributed by atoms with van der Waals surface area (Å²) < 4.78 is 4.73. The third kappa shape index (κ3) is 5.40. The van der Waals surface area contributed by atoms with Crippen LogP contribution in [0.4, 0.5) is 5.69 Å². The molecule has 0 aliphatic carbocycles. The van der Waals surface area contributed by atoms with E-state index in [4.69, 9.17) is 9.52 Å². The second-order valence-electron chi connectivity index (χ2n) is 10.0. The van der Waals surface area contributed by atoms with E-state index in [1.54, 1.807) is 0 Å². The fraction of sp³-hybridized carbons (Fsp3) is 0.281. The summed E-state index contributed by atoms with van der Waals surface area (Å²) in [6, 6.07) is 23.1. The molecule has 1 aromatic heterocycles. The van der Waals surface area contributed by atoms with E-state index in [1.165, 1.54) is 33.7 Å². The lowest BCUT2D eigenvalue weighted by atomic mass is 9.94. The molecule has 1 aliphatic rings. The smallest absolute Gasteiger partial charge is 0.325 e. The van der Waals surface area contributed by atoms with Gasteiger partial charge in [0, 0.05) is 29.6 Å². The van der Waals surface area contributed by atoms with Gasteiger partial charge in [-0.3, -0.25) is 14.5 Å². The molecule has 0 saturated carbocycles. The molecule has 38 heavy (non-hydrogen) atoms. The van der Waals surface area contributed by atoms with Gasteiger partial charge < -0.3 is 4.90 Å². The minimum atomic E-state index is -0.560. The van der Waals surface area contributed by atoms with E-state index in [2.05, 4.69) is 91.4 Å². The van der Waals surface area contributed by atoms with Crippen molar-refractivity contribution < 1.29 is 4.52 Å². The first-order valence-corrected chi connectivity index (χ1v) is 13.3. The Morgan fingerprint density at radius 1 is 0.974 bits per heavy atom. The fourth-order valence-electron chi connectivity index (χ4n) is 4.92. The molecule has 6 nitrogen and oxygen atoms in total. The maximum Gasteiger partial charge on any atom is 0.439 e. The van der Waals surface area contributed by atoms with E-state index in [0.717, 1.165) is 42.4 Å². The Morgan fingerprint density at radius 2 is 1.74 bits per heavy atom. The molecule has 6 heteroatoms. The molecule has 2 heterocycles. The zero-order chi connectivity index (χ0) is 26.6. The highest BCUT2D eigenvalue weighted by Gasteiger charge is 2.22. The second-order valence-corrected chi connectivity index (χ2v) is 10.0. The van der Waals surface area contributed by atoms with Crippen LogP contribution in [0, 0.1) is 13.8 Å². The number of anilines is 1. The number of aromatic nitrogens is 2. The van der Waals surface area contributed by atoms with Gasteiger partial charge in [0.05, 0.1) is 0 Å². The summed E-state index contributed by atoms with van der Waals surface area (Å²) in [6.07, 6.45) is 6.45. The van der Waals surface area contributed by atoms with Crippen LogP contribution in [0.5, 0.6) is 0 Å². The SMILES string of the molecule is CCCCC1=NC(C)N(c2ccc(C)c(C)c2)C=C1Cc1ccc(-c2ccccc2-c2noc(=O)[nH]2)cc1. The minimum absolute atomic E-state index is 0.0644. The molecular formula is C32H34N4O2. The zero-order valence-electron chi connectivity index (χ0n) is 22.5. The lowest BCUT2D eigenvalue weighted by molar-refractivity contribution is 0.388. The lowest BCUT2D eigenvalue weighted by Crippen LogP contribution is -2.33. The van der Waals surface area contributed by atoms with Crippen LogP contribution in [0.25, 0.3) is 22.5 Å². The molecule has 0 bridgehead atoms. The first-order chi connectivity index (χ1) is 18.4. The summed E-state index contributed by atoms with van der Waals surface area (Å²) >= 11 is 0. The molecule has 5 rings (SSSR count). The van der Waals surface area contributed by atoms with E-state index < -0.39 is 5.76 Å². The minimum Gasteiger partial charge on any atom is -0.325 e. The fourth-order valence-corrected chi connectivity index (χ4v) is 4.92. The van der Waals surface area contributed by atoms with Crippen molar-refractivity contribution in [2.75, 3.05) is 4.90 Å². The van der Waals surface area contributed by atoms with Crippen molar-refractivity contribution in [1.29, 1.82) is 0 Å². The first kappa shape index (κ1) is 25.5. The molecule has 1 atom stereocenters. The summed E-state index contributed by atoms with van der Waals surface area (Å²) in [5.41, 5.74) is 10.3. The van der Waals surface area contributed by atoms with Gasteiger partial charge in [-0.25, -0.2) is 4.79 Å². The summed E-state index contributed by atoms with van der Waals surface area (Å²) in [5.74, 6) is -0.130. The maximum absolute atomic E-state index is 11.5. The van der Waals surface area contributed by atoms with Crippen LogP contribution < -0.4 is 10.7 Å². The number of rotatable bonds is 8. The van der Waals surface area contributed by atoms with Crippen molar-refractivity contribution in [2.45, 2.75) is 59.5 Å². The van der Waals surface area contributed by atoms with Crippen molar-refractivity contribution in [3.05, 3.63) is 106 Å². The molecule has 0 saturated heterocycles. The molecule has 3 aromatic carbocycles. The number of benzene rings is 3. The van der Waals surface area contributed by atoms with Gasteiger partial charge in [0.25, 0.3) is 0 Å². The number of nitrogens with one attached hydrogen (secondary N) is 1. The molecule has 0 spiro atoms. The van der Waals surface area contributed by atoms with Gasteiger partial charge >= 0.3 is 5.76 Å². The van der Waals surface area contributed by atoms with Gasteiger partial charge in [0.15, 0.2) is 5.82 Å². The van der Waals surface area contributed by atoms with E-state index in [1.807, 2.05) is 24.3 Å². The third-order valence-electron chi connectivity index (χ3n) is 7.25. The molecule has 4 aromatic rings. The predicted octanol–water partition coefficient (Wildman–Crippen LogP) is 7.24. The first-order valence-electron chi connectivity index (χ1n) is 13.3. The second kappa shape index (κ2) is 11.1. The van der Waals surface area contributed by atoms with Gasteiger partial charge in [-0.1, -0.05) is 73.1 Å². The van der Waals surface area contributed by atoms with Crippen molar-refractivity contribution >= 4 is 11.4 Å². The number of hydrogen-bond acceptors (Lipinski definition) is 5. The average Bonchev–Trinajstić information content (AvgIpc) is 3.36. The summed E-state index contributed by atoms with van der Waals surface area (Å²) in [4.78, 5) is 21.6. The van der Waals surface area contributed by atoms with Gasteiger partial charge in [-0.05, 0) is 79.1 Å². The Kier molecular flexibility index (Phi) is 7.40. The van der Waals surface area contributed by atoms with Gasteiger partial charge in [0.2, 0.25) is 0 Å². The molecule has 0 radical (unpaired) electrons. The number of unbranched alkanes of at least 4 members (excludes halogenated alkanes) is 1. The van der Waals surface area contributed by atoms with Gasteiger partial charge in [0.1, 0.15) is 6.17 Å². The Morgan fingerprint density at radius 3 is 2.42 bits per heavy atom. The van der Waals surface area contributed by atoms with E-state index >= 15 is 0 Å². The zero-order valence-corrected chi connectivity index (χ0v) is 22.5. The van der Waals surface area contributed by atoms with Crippen LogP contribution >= 0.6 is 0 Å². The van der Waals surface area contributed by atoms with Crippen LogP contribution in [-0.4, -0.2) is 22.0 Å². The Balaban J connectivity index is 1.43. The number of H-pyrrole nitrogens is 1. The number of allylic oxidation sites excluding steroid dienone is 1. The predicted molar refractivity (Wildman–Crippen MR) is 155 cm³/mol. The number of nitrogens with zero attached hydrogens (tertiary/aromatic N) is 3. The van der Waals surface area contributed by atoms with Crippen LogP contribution in [0.2, 0.25) is 0 Å². The quantitative estimate of drug-likeness (QED) is 0.273. The van der Waals surface area contributed by atoms with Gasteiger partial charge in [-0.2, -0.15) is 0 Å². The standard InChI is InChI=1S/C32H34N4O2/c1-5-6-11-30-26(20-36(23(4)33-30)27-17-12-21(2)22(3)18-27)19-24-13-15-25(16-14-24)28-9-7-8-10-29(28)31-34-32(37)38-35-31/h7-10,12-18,20,23H,5-6,11,19H2,1-4H3,(H,34,35,37). The number of hydrogen-bond donors (Lipinski definition) is 1. The number of aliphatic imine (C=N–C) groups is 1. The van der Waals surface area contributed by atoms with Crippen LogP contribution in [0.15, 0.2) is 92.8 Å². The Hall–Kier alpha value is -4.19. The van der Waals surface area contributed by atoms with Crippen LogP contribution in [0.1, 0.15) is 49.8 Å². The van der Waals surface area contributed by atoms with Gasteiger partial charge in [-0.15, -0.1) is 0 Å². The number of aromatic amines is 1. The molecule has 1 unspecified atom stereocenters. The normalized spacial score (nSPS) is 15.4. The molecule has 1 aliphatic heterocycles. The topological polar surface area (TPSA) is 74.5 Å². The summed E-state index contributed by atoms with van der Waals surface area (Å²) in [5, 5.41) is 3.88. The highest BCUT2D eigenvalue weighted by Crippen LogP contribution is 2.31. The van der Waals surface area contributed by atoms with Crippen molar-refractivity contribution in [1.82, 2.24) is 10.1 Å². The van der Waals surface area contributed by atoms with Crippen molar-refractivity contribution in [2.24, 2.45) is 4.99 Å². The molecule has 1 N–H and O–H groups in total. The van der Waals surface area contributed by atoms with E-state index in [9.17, 15) is 4.79 Å². The highest BCUT2D eigenvalue weighted by molar-refractivity contribution is 6.02. The van der Waals surface area contributed by atoms with Crippen LogP contribution in [0.3, 0.4) is 0 Å². The maximum atomic E-state index is 11.5. The van der Waals surface area contributed by atoms with E-state index in [0.29, 0.717) is 5.82 Å². The lowest BCUT2D eigenvalue weighted by Gasteiger charge is -2.32. The summed E-state index contributed by atoms with van der Waals surface area (Å²) in [7, 11) is 0. The van der Waals surface area contributed by atoms with Crippen molar-refractivity contribution in [3.63, 3.8) is 0 Å². The largest absolute Gasteiger partial charge is 0.439 e. The monoisotopic (exact) mass is 506 g/mol. The Labute approximate surface area is 223 Å². The number of aryl methyl sites for hydroxylation is 2. The molecular weight excluding hydrogens is 472 g/mol. The highest BCUT2D eigenvalue weighted by atomic mass is 16.5. The molecule has 194 valence electrons. The van der Waals surface area contributed by atoms with E-state index in [-0.39, 0.29) is 6.17 Å². The van der Waals surface area contributed by atoms with Crippen molar-refractivity contribution in [3.8, 4) is 22.5 Å². The Bertz CT molecular complexity index is 1540. The average molecular weight is 507 g/mol. The molecule has 0 amide bonds. The summed E-state index contributed by atoms with van der Waals surface area (Å²) in [6.45, 7) is 8.70. The third-order valence-corrected chi connectivity index (χ3v) is 7.25. The molecule has 0 fully saturated rings. The van der Waals surface area contributed by atoms with Crippen LogP contribution in [-0.2, 0) is 6.42 Å².